The van der Waals surface area contributed by atoms with Crippen LogP contribution in [0.15, 0.2) is 22.8 Å². The third-order valence-corrected chi connectivity index (χ3v) is 4.32. The molecule has 3 rings (SSSR count). The zero-order chi connectivity index (χ0) is 13.1. The van der Waals surface area contributed by atoms with E-state index in [1.54, 1.807) is 6.26 Å². The first kappa shape index (κ1) is 12.7. The topological polar surface area (TPSA) is 54.3 Å². The summed E-state index contributed by atoms with van der Waals surface area (Å²) in [5.41, 5.74) is -0.373. The number of nitrogens with one attached hydrogen (secondary N) is 2. The molecule has 0 bridgehead atoms. The van der Waals surface area contributed by atoms with E-state index < -0.39 is 0 Å². The van der Waals surface area contributed by atoms with Gasteiger partial charge < -0.3 is 9.73 Å². The summed E-state index contributed by atoms with van der Waals surface area (Å²) in [5.74, 6) is 1.80. The van der Waals surface area contributed by atoms with E-state index in [2.05, 4.69) is 10.6 Å². The van der Waals surface area contributed by atoms with Crippen molar-refractivity contribution in [2.45, 2.75) is 50.6 Å². The van der Waals surface area contributed by atoms with Gasteiger partial charge in [-0.05, 0) is 43.7 Å². The fourth-order valence-electron chi connectivity index (χ4n) is 2.86. The zero-order valence-electron chi connectivity index (χ0n) is 11.3. The molecule has 2 fully saturated rings. The molecule has 19 heavy (non-hydrogen) atoms. The Hall–Kier alpha value is -1.29. The fourth-order valence-corrected chi connectivity index (χ4v) is 2.86. The third kappa shape index (κ3) is 3.00. The zero-order valence-corrected chi connectivity index (χ0v) is 11.3. The predicted molar refractivity (Wildman–Crippen MR) is 72.5 cm³/mol. The van der Waals surface area contributed by atoms with Crippen molar-refractivity contribution in [3.05, 3.63) is 24.2 Å². The standard InChI is InChI=1S/C15H22N2O2/c18-14(16-10-12-5-6-12)15(7-1-2-8-15)17-11-13-4-3-9-19-13/h3-4,9,12,17H,1-2,5-8,10-11H2,(H,16,18). The first-order valence-electron chi connectivity index (χ1n) is 7.34. The number of hydrogen-bond donors (Lipinski definition) is 2. The van der Waals surface area contributed by atoms with Crippen LogP contribution in [0.1, 0.15) is 44.3 Å². The van der Waals surface area contributed by atoms with E-state index in [4.69, 9.17) is 4.42 Å². The van der Waals surface area contributed by atoms with Crippen LogP contribution in [0.2, 0.25) is 0 Å². The van der Waals surface area contributed by atoms with Crippen LogP contribution in [0.4, 0.5) is 0 Å². The minimum absolute atomic E-state index is 0.184. The Labute approximate surface area is 113 Å². The molecule has 1 heterocycles. The van der Waals surface area contributed by atoms with E-state index in [0.29, 0.717) is 6.54 Å². The first-order valence-corrected chi connectivity index (χ1v) is 7.34. The molecular weight excluding hydrogens is 240 g/mol. The summed E-state index contributed by atoms with van der Waals surface area (Å²) < 4.78 is 5.33. The molecule has 0 spiro atoms. The lowest BCUT2D eigenvalue weighted by molar-refractivity contribution is -0.127. The highest BCUT2D eigenvalue weighted by molar-refractivity contribution is 5.86. The minimum atomic E-state index is -0.373. The van der Waals surface area contributed by atoms with Gasteiger partial charge in [-0.25, -0.2) is 0 Å². The van der Waals surface area contributed by atoms with Crippen molar-refractivity contribution in [3.8, 4) is 0 Å². The maximum Gasteiger partial charge on any atom is 0.240 e. The molecule has 4 heteroatoms. The molecule has 4 nitrogen and oxygen atoms in total. The van der Waals surface area contributed by atoms with E-state index in [0.717, 1.165) is 43.9 Å². The second-order valence-corrected chi connectivity index (χ2v) is 5.88. The summed E-state index contributed by atoms with van der Waals surface area (Å²) in [6.07, 6.45) is 8.34. The lowest BCUT2D eigenvalue weighted by Crippen LogP contribution is -2.55. The monoisotopic (exact) mass is 262 g/mol. The Bertz CT molecular complexity index is 417. The van der Waals surface area contributed by atoms with Gasteiger partial charge in [0.25, 0.3) is 0 Å². The summed E-state index contributed by atoms with van der Waals surface area (Å²) in [6.45, 7) is 1.48. The quantitative estimate of drug-likeness (QED) is 0.826. The van der Waals surface area contributed by atoms with E-state index >= 15 is 0 Å². The molecule has 0 saturated heterocycles. The van der Waals surface area contributed by atoms with Gasteiger partial charge in [0.15, 0.2) is 0 Å². The van der Waals surface area contributed by atoms with Crippen molar-refractivity contribution in [2.24, 2.45) is 5.92 Å². The highest BCUT2D eigenvalue weighted by Crippen LogP contribution is 2.32. The van der Waals surface area contributed by atoms with Crippen molar-refractivity contribution >= 4 is 5.91 Å². The summed E-state index contributed by atoms with van der Waals surface area (Å²) in [6, 6.07) is 3.82. The predicted octanol–water partition coefficient (Wildman–Crippen LogP) is 2.21. The molecule has 2 N–H and O–H groups in total. The molecule has 2 saturated carbocycles. The van der Waals surface area contributed by atoms with Gasteiger partial charge in [0, 0.05) is 6.54 Å². The lowest BCUT2D eigenvalue weighted by Gasteiger charge is -2.28. The molecule has 1 aromatic rings. The van der Waals surface area contributed by atoms with Crippen LogP contribution in [-0.4, -0.2) is 18.0 Å². The fraction of sp³-hybridized carbons (Fsp3) is 0.667. The lowest BCUT2D eigenvalue weighted by atomic mass is 9.96. The van der Waals surface area contributed by atoms with Gasteiger partial charge in [-0.15, -0.1) is 0 Å². The molecule has 0 atom stereocenters. The summed E-state index contributed by atoms with van der Waals surface area (Å²) in [7, 11) is 0. The van der Waals surface area contributed by atoms with Gasteiger partial charge in [-0.3, -0.25) is 10.1 Å². The Kier molecular flexibility index (Phi) is 3.60. The van der Waals surface area contributed by atoms with Gasteiger partial charge in [0.1, 0.15) is 5.76 Å². The molecule has 0 unspecified atom stereocenters. The maximum absolute atomic E-state index is 12.5. The Morgan fingerprint density at radius 1 is 1.37 bits per heavy atom. The first-order chi connectivity index (χ1) is 9.28. The van der Waals surface area contributed by atoms with Crippen LogP contribution in [0.5, 0.6) is 0 Å². The van der Waals surface area contributed by atoms with Crippen LogP contribution in [-0.2, 0) is 11.3 Å². The highest BCUT2D eigenvalue weighted by atomic mass is 16.3. The molecule has 1 amide bonds. The second kappa shape index (κ2) is 5.37. The van der Waals surface area contributed by atoms with Gasteiger partial charge in [0.2, 0.25) is 5.91 Å². The van der Waals surface area contributed by atoms with Crippen molar-refractivity contribution in [2.75, 3.05) is 6.54 Å². The number of furan rings is 1. The molecule has 1 aromatic heterocycles. The SMILES string of the molecule is O=C(NCC1CC1)C1(NCc2ccco2)CCCC1. The minimum Gasteiger partial charge on any atom is -0.468 e. The van der Waals surface area contributed by atoms with Crippen LogP contribution < -0.4 is 10.6 Å². The molecule has 0 radical (unpaired) electrons. The summed E-state index contributed by atoms with van der Waals surface area (Å²) in [5, 5.41) is 6.56. The van der Waals surface area contributed by atoms with E-state index in [1.165, 1.54) is 12.8 Å². The van der Waals surface area contributed by atoms with Crippen molar-refractivity contribution in [3.63, 3.8) is 0 Å². The second-order valence-electron chi connectivity index (χ2n) is 5.88. The highest BCUT2D eigenvalue weighted by Gasteiger charge is 2.41. The maximum atomic E-state index is 12.5. The van der Waals surface area contributed by atoms with E-state index in [1.807, 2.05) is 12.1 Å². The average molecular weight is 262 g/mol. The average Bonchev–Trinajstić information content (AvgIpc) is 2.93. The van der Waals surface area contributed by atoms with Crippen LogP contribution in [0, 0.1) is 5.92 Å². The van der Waals surface area contributed by atoms with E-state index in [9.17, 15) is 4.79 Å². The van der Waals surface area contributed by atoms with Crippen molar-refractivity contribution in [1.82, 2.24) is 10.6 Å². The molecule has 0 aliphatic heterocycles. The molecule has 2 aliphatic carbocycles. The van der Waals surface area contributed by atoms with Crippen molar-refractivity contribution in [1.29, 1.82) is 0 Å². The van der Waals surface area contributed by atoms with E-state index in [-0.39, 0.29) is 11.4 Å². The summed E-state index contributed by atoms with van der Waals surface area (Å²) in [4.78, 5) is 12.5. The van der Waals surface area contributed by atoms with Crippen molar-refractivity contribution < 1.29 is 9.21 Å². The van der Waals surface area contributed by atoms with Gasteiger partial charge in [-0.2, -0.15) is 0 Å². The summed E-state index contributed by atoms with van der Waals surface area (Å²) >= 11 is 0. The van der Waals surface area contributed by atoms with Gasteiger partial charge >= 0.3 is 0 Å². The number of rotatable bonds is 6. The number of amides is 1. The number of hydrogen-bond acceptors (Lipinski definition) is 3. The smallest absolute Gasteiger partial charge is 0.240 e. The number of carbonyl (C=O) groups is 1. The molecule has 2 aliphatic rings. The van der Waals surface area contributed by atoms with Gasteiger partial charge in [-0.1, -0.05) is 12.8 Å². The Morgan fingerprint density at radius 2 is 2.16 bits per heavy atom. The molecular formula is C15H22N2O2. The third-order valence-electron chi connectivity index (χ3n) is 4.32. The molecule has 104 valence electrons. The largest absolute Gasteiger partial charge is 0.468 e. The van der Waals surface area contributed by atoms with Gasteiger partial charge in [0.05, 0.1) is 18.3 Å². The number of carbonyl (C=O) groups excluding carboxylic acids is 1. The Balaban J connectivity index is 1.58. The Morgan fingerprint density at radius 3 is 2.79 bits per heavy atom. The van der Waals surface area contributed by atoms with Crippen LogP contribution >= 0.6 is 0 Å². The molecule has 0 aromatic carbocycles. The van der Waals surface area contributed by atoms with Crippen LogP contribution in [0.25, 0.3) is 0 Å². The normalized spacial score (nSPS) is 21.5. The van der Waals surface area contributed by atoms with Crippen LogP contribution in [0.3, 0.4) is 0 Å².